The third-order valence-corrected chi connectivity index (χ3v) is 18.6. The number of halogens is 2. The highest BCUT2D eigenvalue weighted by molar-refractivity contribution is 6.34. The van der Waals surface area contributed by atoms with E-state index in [9.17, 15) is 20.3 Å². The Labute approximate surface area is 469 Å². The van der Waals surface area contributed by atoms with Gasteiger partial charge in [-0.15, -0.1) is 0 Å². The molecule has 11 aliphatic rings. The minimum atomic E-state index is -1.18. The Morgan fingerprint density at radius 3 is 1.81 bits per heavy atom. The first-order chi connectivity index (χ1) is 38.3. The predicted octanol–water partition coefficient (Wildman–Crippen LogP) is 14.6. The molecule has 1 unspecified atom stereocenters. The first-order valence-corrected chi connectivity index (χ1v) is 27.5. The Hall–Kier alpha value is -7.59. The van der Waals surface area contributed by atoms with E-state index in [2.05, 4.69) is 4.85 Å². The number of hydrogen-bond donors (Lipinski definition) is 2. The van der Waals surface area contributed by atoms with Gasteiger partial charge in [-0.05, 0) is 173 Å². The highest BCUT2D eigenvalue weighted by Gasteiger charge is 2.77. The van der Waals surface area contributed by atoms with Crippen LogP contribution >= 0.6 is 23.2 Å². The van der Waals surface area contributed by atoms with E-state index < -0.39 is 11.4 Å². The minimum absolute atomic E-state index is 0.0248. The zero-order chi connectivity index (χ0) is 55.3. The molecule has 1 atom stereocenters. The van der Waals surface area contributed by atoms with Crippen molar-refractivity contribution < 1.29 is 43.7 Å². The maximum Gasteiger partial charge on any atom is 0.269 e. The number of benzene rings is 4. The Morgan fingerprint density at radius 2 is 1.27 bits per heavy atom. The summed E-state index contributed by atoms with van der Waals surface area (Å²) in [4.78, 5) is 26.2. The van der Waals surface area contributed by atoms with Crippen LogP contribution in [0.25, 0.3) is 27.8 Å². The van der Waals surface area contributed by atoms with E-state index >= 15 is 0 Å². The molecule has 1 spiro atoms. The summed E-state index contributed by atoms with van der Waals surface area (Å²) in [6.07, 6.45) is 19.5. The van der Waals surface area contributed by atoms with Gasteiger partial charge >= 0.3 is 0 Å². The quantitative estimate of drug-likeness (QED) is 0.0587. The van der Waals surface area contributed by atoms with Crippen molar-refractivity contribution in [1.82, 2.24) is 0 Å². The fourth-order valence-electron chi connectivity index (χ4n) is 15.0. The lowest BCUT2D eigenvalue weighted by Crippen LogP contribution is -2.76. The van der Waals surface area contributed by atoms with Gasteiger partial charge in [0, 0.05) is 46.1 Å². The smallest absolute Gasteiger partial charge is 0.269 e. The van der Waals surface area contributed by atoms with Crippen LogP contribution in [0.2, 0.25) is 10.0 Å². The van der Waals surface area contributed by atoms with E-state index in [1.54, 1.807) is 69.7 Å². The second-order valence-corrected chi connectivity index (χ2v) is 22.8. The van der Waals surface area contributed by atoms with Crippen LogP contribution in [0.15, 0.2) is 119 Å². The van der Waals surface area contributed by atoms with Crippen molar-refractivity contribution in [3.63, 3.8) is 0 Å². The van der Waals surface area contributed by atoms with Crippen LogP contribution in [0.4, 0.5) is 0 Å². The number of fused-ring (bicyclic) bond motifs is 2. The summed E-state index contributed by atoms with van der Waals surface area (Å²) in [7, 11) is 3.29. The maximum absolute atomic E-state index is 11.2. The van der Waals surface area contributed by atoms with Crippen molar-refractivity contribution in [3.8, 4) is 41.2 Å². The molecule has 400 valence electrons. The number of allylic oxidation sites excluding steroid dienone is 9. The van der Waals surface area contributed by atoms with Crippen LogP contribution in [0.3, 0.4) is 0 Å². The molecule has 4 aromatic carbocycles. The van der Waals surface area contributed by atoms with Gasteiger partial charge in [-0.25, -0.2) is 15.0 Å². The van der Waals surface area contributed by atoms with Crippen molar-refractivity contribution in [2.45, 2.75) is 82.5 Å². The number of para-hydroxylation sites is 2. The predicted molar refractivity (Wildman–Crippen MR) is 296 cm³/mol. The van der Waals surface area contributed by atoms with Gasteiger partial charge in [0.2, 0.25) is 0 Å². The standard InChI is InChI=1S/C32H27ClN2O5.C19H21ClO3.C13H8N2O/c1-35-27(17-34)25-16-23(38-28-6-4-3-5-24(25)28)9-7-20-8-10-26(29(33)30(20)36)32(37-2)31(39-40-32)21-12-18-11-19(14-21)15-22(31)13-18;1-23-19(15-3-2-12(9-21)18(22)17(15)20)16-13-5-10-4-11(7-13)8-14(16)6-10;1-9-6-12(10(7-14)8-15)11-4-2-3-5-13(11)16-9/h3-10,16,18-19,21-22,36H,11-15H2,2H3;2-3,9-11,13-14,22H,4-8H2,1H3;2-6H,1H3/b9-7+,27-25-;;. The van der Waals surface area contributed by atoms with E-state index in [0.717, 1.165) is 60.7 Å². The van der Waals surface area contributed by atoms with Gasteiger partial charge in [0.15, 0.2) is 11.9 Å². The molecule has 8 saturated carbocycles. The average Bonchev–Trinajstić information content (AvgIpc) is 2.88. The number of nitriles is 3. The van der Waals surface area contributed by atoms with E-state index in [0.29, 0.717) is 86.4 Å². The van der Waals surface area contributed by atoms with Gasteiger partial charge < -0.3 is 29.2 Å². The fraction of sp³-hybridized carbons (Fsp3) is 0.359. The van der Waals surface area contributed by atoms with Crippen molar-refractivity contribution in [2.24, 2.45) is 47.3 Å². The lowest BCUT2D eigenvalue weighted by atomic mass is 9.47. The topological polar surface area (TPSA) is 189 Å². The second kappa shape index (κ2) is 21.6. The number of carbonyl (C=O) groups is 1. The fourth-order valence-corrected chi connectivity index (χ4v) is 15.5. The molecule has 8 aliphatic carbocycles. The van der Waals surface area contributed by atoms with Crippen LogP contribution in [0, 0.1) is 87.9 Å². The van der Waals surface area contributed by atoms with Crippen LogP contribution in [-0.2, 0) is 25.0 Å². The van der Waals surface area contributed by atoms with Crippen LogP contribution in [-0.4, -0.2) is 36.3 Å². The molecule has 13 nitrogen and oxygen atoms in total. The van der Waals surface area contributed by atoms with Crippen molar-refractivity contribution in [1.29, 1.82) is 15.8 Å². The number of aldehydes is 1. The third-order valence-electron chi connectivity index (χ3n) is 17.8. The first kappa shape index (κ1) is 53.4. The molecule has 0 radical (unpaired) electrons. The summed E-state index contributed by atoms with van der Waals surface area (Å²) < 4.78 is 23.4. The molecule has 4 aromatic rings. The molecule has 15 rings (SSSR count). The molecule has 0 aromatic heterocycles. The highest BCUT2D eigenvalue weighted by Crippen LogP contribution is 2.70. The number of phenols is 2. The summed E-state index contributed by atoms with van der Waals surface area (Å²) in [6, 6.07) is 27.4. The Morgan fingerprint density at radius 1 is 0.696 bits per heavy atom. The second-order valence-electron chi connectivity index (χ2n) is 22.1. The third kappa shape index (κ3) is 9.09. The van der Waals surface area contributed by atoms with Gasteiger partial charge in [-0.2, -0.15) is 15.4 Å². The summed E-state index contributed by atoms with van der Waals surface area (Å²) in [5, 5.41) is 49.0. The van der Waals surface area contributed by atoms with Gasteiger partial charge in [0.1, 0.15) is 58.0 Å². The highest BCUT2D eigenvalue weighted by atomic mass is 35.5. The molecule has 8 bridgehead atoms. The summed E-state index contributed by atoms with van der Waals surface area (Å²) >= 11 is 13.2. The molecular weight excluding hydrogens is 1040 g/mol. The number of ether oxygens (including phenoxy) is 4. The Kier molecular flexibility index (Phi) is 14.6. The molecule has 1 saturated heterocycles. The zero-order valence-electron chi connectivity index (χ0n) is 43.8. The van der Waals surface area contributed by atoms with Crippen molar-refractivity contribution >= 4 is 52.5 Å². The number of carbonyl (C=O) groups excluding carboxylic acids is 1. The lowest BCUT2D eigenvalue weighted by Gasteiger charge is -2.68. The molecular formula is C64H56Cl2N4O9. The number of rotatable bonds is 7. The van der Waals surface area contributed by atoms with Gasteiger partial charge in [-0.3, -0.25) is 4.79 Å². The molecule has 15 heteroatoms. The Bertz CT molecular complexity index is 3470. The Balaban J connectivity index is 0.000000142. The van der Waals surface area contributed by atoms with Gasteiger partial charge in [0.05, 0.1) is 35.4 Å². The average molecular weight is 1100 g/mol. The zero-order valence-corrected chi connectivity index (χ0v) is 45.3. The molecule has 9 fully saturated rings. The van der Waals surface area contributed by atoms with Gasteiger partial charge in [-0.1, -0.05) is 71.7 Å². The summed E-state index contributed by atoms with van der Waals surface area (Å²) in [5.41, 5.74) is 5.39. The molecule has 2 N–H and O–H groups in total. The van der Waals surface area contributed by atoms with E-state index in [-0.39, 0.29) is 38.4 Å². The lowest BCUT2D eigenvalue weighted by molar-refractivity contribution is -0.645. The number of phenolic OH excluding ortho intramolecular Hbond substituents is 2. The SMILES string of the molecule is CC1=CC(=C(C#N)C#N)c2ccccc2O1.COC(=C1C2CC3CC(C2)CC1C3)c1ccc(C=O)c(O)c1Cl.[C-]#[N+]/C(C#N)=C1/C=C(/C=C/c2ccc(C3(OC)OOC34C3CC5CC(C3)CC4C5)c(Cl)c2O)Oc2ccccc21. The van der Waals surface area contributed by atoms with Crippen LogP contribution in [0.1, 0.15) is 109 Å². The summed E-state index contributed by atoms with van der Waals surface area (Å²) in [5.74, 6) is 6.74. The largest absolute Gasteiger partial charge is 0.506 e. The first-order valence-electron chi connectivity index (χ1n) is 26.7. The molecule has 79 heavy (non-hydrogen) atoms. The van der Waals surface area contributed by atoms with Crippen molar-refractivity contribution in [3.05, 3.63) is 174 Å². The molecule has 3 heterocycles. The molecule has 3 aliphatic heterocycles. The van der Waals surface area contributed by atoms with E-state index in [4.69, 9.17) is 69.0 Å². The molecule has 0 amide bonds. The maximum atomic E-state index is 11.2. The number of hydrogen-bond acceptors (Lipinski definition) is 12. The number of aromatic hydroxyl groups is 2. The van der Waals surface area contributed by atoms with Crippen LogP contribution < -0.4 is 9.47 Å². The minimum Gasteiger partial charge on any atom is -0.506 e. The van der Waals surface area contributed by atoms with E-state index in [1.807, 2.05) is 66.7 Å². The summed E-state index contributed by atoms with van der Waals surface area (Å²) in [6.45, 7) is 9.20. The monoisotopic (exact) mass is 1090 g/mol. The van der Waals surface area contributed by atoms with Crippen molar-refractivity contribution in [2.75, 3.05) is 14.2 Å². The van der Waals surface area contributed by atoms with Crippen LogP contribution in [0.5, 0.6) is 23.0 Å². The van der Waals surface area contributed by atoms with Gasteiger partial charge in [0.25, 0.3) is 11.5 Å². The number of methoxy groups -OCH3 is 2. The number of nitrogens with zero attached hydrogens (tertiary/aromatic N) is 4. The normalized spacial score (nSPS) is 29.1. The van der Waals surface area contributed by atoms with E-state index in [1.165, 1.54) is 44.1 Å².